The maximum atomic E-state index is 12.6. The Hall–Kier alpha value is -3.29. The van der Waals surface area contributed by atoms with E-state index in [1.54, 1.807) is 36.4 Å². The van der Waals surface area contributed by atoms with Crippen molar-refractivity contribution in [3.05, 3.63) is 83.3 Å². The molecule has 0 atom stereocenters. The van der Waals surface area contributed by atoms with E-state index in [9.17, 15) is 9.59 Å². The van der Waals surface area contributed by atoms with Gasteiger partial charge < -0.3 is 19.4 Å². The predicted octanol–water partition coefficient (Wildman–Crippen LogP) is 3.91. The van der Waals surface area contributed by atoms with Gasteiger partial charge in [-0.3, -0.25) is 14.5 Å². The third-order valence-electron chi connectivity index (χ3n) is 5.24. The van der Waals surface area contributed by atoms with E-state index in [-0.39, 0.29) is 24.2 Å². The fourth-order valence-corrected chi connectivity index (χ4v) is 3.63. The number of benzene rings is 2. The van der Waals surface area contributed by atoms with Crippen molar-refractivity contribution in [2.75, 3.05) is 38.1 Å². The molecule has 2 aromatic carbocycles. The van der Waals surface area contributed by atoms with Crippen LogP contribution in [0, 0.1) is 0 Å². The summed E-state index contributed by atoms with van der Waals surface area (Å²) in [7, 11) is 0. The largest absolute Gasteiger partial charge is 0.484 e. The molecule has 1 N–H and O–H groups in total. The van der Waals surface area contributed by atoms with E-state index in [2.05, 4.69) is 10.2 Å². The molecule has 0 saturated carbocycles. The van der Waals surface area contributed by atoms with Gasteiger partial charge in [0.15, 0.2) is 12.4 Å². The van der Waals surface area contributed by atoms with E-state index < -0.39 is 0 Å². The molecule has 7 nitrogen and oxygen atoms in total. The monoisotopic (exact) mass is 453 g/mol. The number of anilines is 1. The van der Waals surface area contributed by atoms with Crippen LogP contribution in [0.15, 0.2) is 71.3 Å². The van der Waals surface area contributed by atoms with Gasteiger partial charge in [0.1, 0.15) is 5.75 Å². The molecule has 2 heterocycles. The Balaban J connectivity index is 1.23. The van der Waals surface area contributed by atoms with Crippen LogP contribution in [0.4, 0.5) is 5.69 Å². The Morgan fingerprint density at radius 1 is 1.00 bits per heavy atom. The Morgan fingerprint density at radius 2 is 1.78 bits per heavy atom. The number of hydrogen-bond donors (Lipinski definition) is 1. The summed E-state index contributed by atoms with van der Waals surface area (Å²) in [6.45, 7) is 3.73. The number of furan rings is 1. The molecule has 0 unspecified atom stereocenters. The highest BCUT2D eigenvalue weighted by atomic mass is 35.5. The van der Waals surface area contributed by atoms with Crippen molar-refractivity contribution in [3.8, 4) is 5.75 Å². The minimum atomic E-state index is -0.348. The smallest absolute Gasteiger partial charge is 0.291 e. The molecule has 166 valence electrons. The number of piperazine rings is 1. The molecular formula is C24H24ClN3O4. The molecule has 3 aromatic rings. The maximum Gasteiger partial charge on any atom is 0.291 e. The number of nitrogens with zero attached hydrogens (tertiary/aromatic N) is 2. The number of hydrogen-bond acceptors (Lipinski definition) is 5. The highest BCUT2D eigenvalue weighted by Gasteiger charge is 2.21. The first-order chi connectivity index (χ1) is 15.6. The first-order valence-corrected chi connectivity index (χ1v) is 10.8. The lowest BCUT2D eigenvalue weighted by Crippen LogP contribution is -2.49. The molecule has 0 spiro atoms. The summed E-state index contributed by atoms with van der Waals surface area (Å²) in [6.07, 6.45) is 1.44. The summed E-state index contributed by atoms with van der Waals surface area (Å²) in [5.41, 5.74) is 1.77. The van der Waals surface area contributed by atoms with Gasteiger partial charge in [0.2, 0.25) is 0 Å². The molecular weight excluding hydrogens is 430 g/mol. The van der Waals surface area contributed by atoms with Crippen LogP contribution in [-0.4, -0.2) is 54.4 Å². The van der Waals surface area contributed by atoms with Gasteiger partial charge in [-0.2, -0.15) is 0 Å². The summed E-state index contributed by atoms with van der Waals surface area (Å²) in [5.74, 6) is 0.333. The highest BCUT2D eigenvalue weighted by molar-refractivity contribution is 6.30. The zero-order valence-electron chi connectivity index (χ0n) is 17.5. The van der Waals surface area contributed by atoms with Crippen LogP contribution in [0.5, 0.6) is 5.75 Å². The minimum Gasteiger partial charge on any atom is -0.484 e. The molecule has 1 aliphatic heterocycles. The molecule has 8 heteroatoms. The highest BCUT2D eigenvalue weighted by Crippen LogP contribution is 2.19. The van der Waals surface area contributed by atoms with Crippen LogP contribution in [0.1, 0.15) is 16.1 Å². The van der Waals surface area contributed by atoms with Gasteiger partial charge in [-0.1, -0.05) is 29.8 Å². The fourth-order valence-electron chi connectivity index (χ4n) is 3.50. The SMILES string of the molecule is O=C(Nc1cccc(OCC(=O)N2CCN(Cc3ccc(Cl)cc3)CC2)c1)c1ccco1. The molecule has 0 bridgehead atoms. The molecule has 32 heavy (non-hydrogen) atoms. The van der Waals surface area contributed by atoms with Crippen LogP contribution >= 0.6 is 11.6 Å². The van der Waals surface area contributed by atoms with Crippen molar-refractivity contribution >= 4 is 29.1 Å². The molecule has 0 radical (unpaired) electrons. The second-order valence-electron chi connectivity index (χ2n) is 7.53. The second kappa shape index (κ2) is 10.3. The Labute approximate surface area is 191 Å². The lowest BCUT2D eigenvalue weighted by atomic mass is 10.2. The zero-order valence-corrected chi connectivity index (χ0v) is 18.3. The molecule has 0 aliphatic carbocycles. The lowest BCUT2D eigenvalue weighted by Gasteiger charge is -2.34. The van der Waals surface area contributed by atoms with Gasteiger partial charge >= 0.3 is 0 Å². The van der Waals surface area contributed by atoms with Crippen molar-refractivity contribution in [1.82, 2.24) is 9.80 Å². The summed E-state index contributed by atoms with van der Waals surface area (Å²) in [5, 5.41) is 3.47. The fraction of sp³-hybridized carbons (Fsp3) is 0.250. The van der Waals surface area contributed by atoms with E-state index >= 15 is 0 Å². The van der Waals surface area contributed by atoms with Crippen molar-refractivity contribution in [2.24, 2.45) is 0 Å². The second-order valence-corrected chi connectivity index (χ2v) is 7.97. The molecule has 4 rings (SSSR count). The summed E-state index contributed by atoms with van der Waals surface area (Å²) < 4.78 is 10.8. The molecule has 2 amide bonds. The molecule has 1 aromatic heterocycles. The molecule has 1 aliphatic rings. The third-order valence-corrected chi connectivity index (χ3v) is 5.50. The van der Waals surface area contributed by atoms with Crippen molar-refractivity contribution in [2.45, 2.75) is 6.54 Å². The zero-order chi connectivity index (χ0) is 22.3. The van der Waals surface area contributed by atoms with E-state index in [0.29, 0.717) is 24.5 Å². The first kappa shape index (κ1) is 21.9. The van der Waals surface area contributed by atoms with Gasteiger partial charge in [-0.15, -0.1) is 0 Å². The number of nitrogens with one attached hydrogen (secondary N) is 1. The first-order valence-electron chi connectivity index (χ1n) is 10.4. The standard InChI is InChI=1S/C24H24ClN3O4/c25-19-8-6-18(7-9-19)16-27-10-12-28(13-11-27)23(29)17-32-21-4-1-3-20(15-21)26-24(30)22-5-2-14-31-22/h1-9,14-15H,10-13,16-17H2,(H,26,30). The van der Waals surface area contributed by atoms with Crippen LogP contribution < -0.4 is 10.1 Å². The minimum absolute atomic E-state index is 0.0488. The van der Waals surface area contributed by atoms with Gasteiger partial charge in [0.25, 0.3) is 11.8 Å². The van der Waals surface area contributed by atoms with Crippen LogP contribution in [-0.2, 0) is 11.3 Å². The van der Waals surface area contributed by atoms with Crippen LogP contribution in [0.25, 0.3) is 0 Å². The Bertz CT molecular complexity index is 1050. The van der Waals surface area contributed by atoms with Crippen molar-refractivity contribution < 1.29 is 18.7 Å². The Kier molecular flexibility index (Phi) is 7.09. The van der Waals surface area contributed by atoms with E-state index in [0.717, 1.165) is 24.7 Å². The number of amides is 2. The van der Waals surface area contributed by atoms with Gasteiger partial charge in [-0.05, 0) is 42.0 Å². The normalized spacial score (nSPS) is 14.2. The molecule has 1 fully saturated rings. The van der Waals surface area contributed by atoms with E-state index in [4.69, 9.17) is 20.8 Å². The average Bonchev–Trinajstić information content (AvgIpc) is 3.35. The van der Waals surface area contributed by atoms with Gasteiger partial charge in [0.05, 0.1) is 6.26 Å². The topological polar surface area (TPSA) is 75.0 Å². The predicted molar refractivity (Wildman–Crippen MR) is 122 cm³/mol. The maximum absolute atomic E-state index is 12.6. The van der Waals surface area contributed by atoms with E-state index in [1.165, 1.54) is 11.8 Å². The number of carbonyl (C=O) groups excluding carboxylic acids is 2. The van der Waals surface area contributed by atoms with E-state index in [1.807, 2.05) is 29.2 Å². The number of ether oxygens (including phenoxy) is 1. The van der Waals surface area contributed by atoms with Crippen LogP contribution in [0.3, 0.4) is 0 Å². The van der Waals surface area contributed by atoms with Crippen molar-refractivity contribution in [1.29, 1.82) is 0 Å². The number of halogens is 1. The summed E-state index contributed by atoms with van der Waals surface area (Å²) in [4.78, 5) is 28.8. The Morgan fingerprint density at radius 3 is 2.50 bits per heavy atom. The third kappa shape index (κ3) is 5.90. The molecule has 1 saturated heterocycles. The quantitative estimate of drug-likeness (QED) is 0.587. The summed E-state index contributed by atoms with van der Waals surface area (Å²) >= 11 is 5.94. The summed E-state index contributed by atoms with van der Waals surface area (Å²) in [6, 6.07) is 18.0. The van der Waals surface area contributed by atoms with Gasteiger partial charge in [-0.25, -0.2) is 0 Å². The van der Waals surface area contributed by atoms with Gasteiger partial charge in [0, 0.05) is 49.5 Å². The average molecular weight is 454 g/mol. The number of carbonyl (C=O) groups is 2. The van der Waals surface area contributed by atoms with Crippen molar-refractivity contribution in [3.63, 3.8) is 0 Å². The lowest BCUT2D eigenvalue weighted by molar-refractivity contribution is -0.135. The number of rotatable bonds is 7. The van der Waals surface area contributed by atoms with Crippen LogP contribution in [0.2, 0.25) is 5.02 Å².